The molecule has 0 bridgehead atoms. The molecule has 3 aliphatic heterocycles. The topological polar surface area (TPSA) is 299 Å². The maximum absolute atomic E-state index is 12.6. The third-order valence-corrected chi connectivity index (χ3v) is 8.70. The van der Waals surface area contributed by atoms with Crippen LogP contribution in [0.4, 0.5) is 0 Å². The molecule has 0 amide bonds. The Balaban J connectivity index is 1.30. The minimum atomic E-state index is -1.91. The average Bonchev–Trinajstić information content (AvgIpc) is 3.12. The number of benzene rings is 3. The molecule has 3 aliphatic rings. The number of rotatable bonds is 9. The van der Waals surface area contributed by atoms with Crippen LogP contribution in [0.25, 0.3) is 12.2 Å². The fourth-order valence-corrected chi connectivity index (χ4v) is 5.83. The first-order valence-corrected chi connectivity index (χ1v) is 16.1. The zero-order valence-electron chi connectivity index (χ0n) is 27.4. The van der Waals surface area contributed by atoms with Crippen LogP contribution in [0.2, 0.25) is 0 Å². The Morgan fingerprint density at radius 3 is 2.23 bits per heavy atom. The number of ether oxygens (including phenoxy) is 6. The Morgan fingerprint density at radius 2 is 1.51 bits per heavy atom. The molecule has 3 aromatic carbocycles. The number of carbonyl (C=O) groups is 1. The molecule has 0 aromatic heterocycles. The highest BCUT2D eigenvalue weighted by molar-refractivity contribution is 5.87. The molecule has 0 saturated carbocycles. The van der Waals surface area contributed by atoms with E-state index in [2.05, 4.69) is 4.74 Å². The summed E-state index contributed by atoms with van der Waals surface area (Å²) in [6.45, 7) is -1.14. The number of phenolic OH excluding ortho intramolecular Hbond substituents is 6. The van der Waals surface area contributed by atoms with Gasteiger partial charge in [-0.25, -0.2) is 4.79 Å². The van der Waals surface area contributed by atoms with Gasteiger partial charge in [-0.05, 0) is 42.0 Å². The Kier molecular flexibility index (Phi) is 10.8. The minimum Gasteiger partial charge on any atom is -0.571 e. The van der Waals surface area contributed by atoms with Crippen molar-refractivity contribution in [2.24, 2.45) is 0 Å². The fourth-order valence-electron chi connectivity index (χ4n) is 5.83. The van der Waals surface area contributed by atoms with Crippen LogP contribution in [-0.2, 0) is 28.5 Å². The summed E-state index contributed by atoms with van der Waals surface area (Å²) in [5.41, 5.74) is 0.648. The minimum absolute atomic E-state index is 0.0771. The molecule has 0 radical (unpaired) electrons. The van der Waals surface area contributed by atoms with Crippen molar-refractivity contribution in [2.45, 2.75) is 61.4 Å². The summed E-state index contributed by atoms with van der Waals surface area (Å²) >= 11 is 0. The average molecular weight is 746 g/mol. The van der Waals surface area contributed by atoms with Crippen LogP contribution >= 0.6 is 0 Å². The predicted molar refractivity (Wildman–Crippen MR) is 176 cm³/mol. The van der Waals surface area contributed by atoms with E-state index in [1.807, 2.05) is 0 Å². The third kappa shape index (κ3) is 8.04. The number of fused-ring (bicyclic) bond motifs is 1. The van der Waals surface area contributed by atoms with Gasteiger partial charge in [0.25, 0.3) is 11.9 Å². The van der Waals surface area contributed by atoms with E-state index in [4.69, 9.17) is 23.7 Å². The molecule has 53 heavy (non-hydrogen) atoms. The lowest BCUT2D eigenvalue weighted by Crippen LogP contribution is -2.63. The maximum Gasteiger partial charge on any atom is 0.330 e. The fraction of sp³-hybridized carbons (Fsp3) is 0.343. The molecule has 10 atom stereocenters. The number of aromatic hydroxyl groups is 7. The van der Waals surface area contributed by atoms with E-state index in [9.17, 15) is 61.0 Å². The van der Waals surface area contributed by atoms with Crippen molar-refractivity contribution >= 4 is 18.1 Å². The van der Waals surface area contributed by atoms with Gasteiger partial charge in [-0.15, -0.1) is 0 Å². The van der Waals surface area contributed by atoms with Crippen molar-refractivity contribution in [3.8, 4) is 40.2 Å². The van der Waals surface area contributed by atoms with E-state index in [0.717, 1.165) is 12.1 Å². The number of phenols is 6. The van der Waals surface area contributed by atoms with Gasteiger partial charge in [-0.2, -0.15) is 0 Å². The Hall–Kier alpha value is -5.31. The summed E-state index contributed by atoms with van der Waals surface area (Å²) in [5, 5.41) is 113. The van der Waals surface area contributed by atoms with E-state index in [1.54, 1.807) is 0 Å². The number of carbonyl (C=O) groups excluding carboxylic acids is 1. The highest BCUT2D eigenvalue weighted by Crippen LogP contribution is 2.46. The SMILES string of the molecule is O=C(/C=C\c1ccc(O)c(O)c1)OC[C@H]1O[C@@H](OC2=Cc3c(O)cc(O)cc3[OH+]C2c2ccc(O)c(O)c2)[C@H](O[C@@H]2OC[C@H](O)[C@H](O)[C@@H]2O)[C@@H](O)[C@@H]1O. The molecular formula is C35H37O18+. The second-order valence-electron chi connectivity index (χ2n) is 12.4. The summed E-state index contributed by atoms with van der Waals surface area (Å²) < 4.78 is 33.1. The molecule has 2 saturated heterocycles. The molecule has 18 heteroatoms. The molecular weight excluding hydrogens is 708 g/mol. The second kappa shape index (κ2) is 15.3. The van der Waals surface area contributed by atoms with Crippen molar-refractivity contribution in [3.63, 3.8) is 0 Å². The van der Waals surface area contributed by atoms with E-state index >= 15 is 0 Å². The van der Waals surface area contributed by atoms with Crippen LogP contribution in [0.3, 0.4) is 0 Å². The predicted octanol–water partition coefficient (Wildman–Crippen LogP) is -0.199. The molecule has 1 unspecified atom stereocenters. The molecule has 3 aromatic rings. The molecule has 12 N–H and O–H groups in total. The van der Waals surface area contributed by atoms with Crippen LogP contribution < -0.4 is 0 Å². The molecule has 2 fully saturated rings. The summed E-state index contributed by atoms with van der Waals surface area (Å²) in [5.74, 6) is -3.42. The highest BCUT2D eigenvalue weighted by Gasteiger charge is 2.51. The van der Waals surface area contributed by atoms with Crippen molar-refractivity contribution < 1.29 is 89.4 Å². The number of aliphatic hydroxyl groups excluding tert-OH is 5. The van der Waals surface area contributed by atoms with Crippen LogP contribution in [-0.4, -0.2) is 135 Å². The van der Waals surface area contributed by atoms with Gasteiger partial charge in [0.1, 0.15) is 60.3 Å². The first-order chi connectivity index (χ1) is 25.2. The van der Waals surface area contributed by atoms with Crippen molar-refractivity contribution in [1.29, 1.82) is 0 Å². The first kappa shape index (κ1) is 37.4. The van der Waals surface area contributed by atoms with Gasteiger partial charge in [-0.1, -0.05) is 6.07 Å². The lowest BCUT2D eigenvalue weighted by atomic mass is 9.97. The van der Waals surface area contributed by atoms with Crippen LogP contribution in [0.1, 0.15) is 22.8 Å². The third-order valence-electron chi connectivity index (χ3n) is 8.70. The van der Waals surface area contributed by atoms with Gasteiger partial charge < -0.3 is 84.6 Å². The van der Waals surface area contributed by atoms with Gasteiger partial charge >= 0.3 is 5.97 Å². The smallest absolute Gasteiger partial charge is 0.330 e. The van der Waals surface area contributed by atoms with Gasteiger partial charge in [0.05, 0.1) is 18.2 Å². The largest absolute Gasteiger partial charge is 0.571 e. The number of esters is 1. The van der Waals surface area contributed by atoms with Gasteiger partial charge in [0.2, 0.25) is 6.29 Å². The van der Waals surface area contributed by atoms with Gasteiger partial charge in [-0.3, -0.25) is 0 Å². The van der Waals surface area contributed by atoms with E-state index in [1.165, 1.54) is 54.6 Å². The monoisotopic (exact) mass is 745 g/mol. The van der Waals surface area contributed by atoms with Crippen LogP contribution in [0, 0.1) is 0 Å². The quantitative estimate of drug-likeness (QED) is 0.0585. The maximum atomic E-state index is 12.6. The number of aliphatic hydroxyl groups is 6. The van der Waals surface area contributed by atoms with E-state index in [0.29, 0.717) is 5.56 Å². The van der Waals surface area contributed by atoms with Gasteiger partial charge in [0, 0.05) is 18.2 Å². The standard InChI is InChI=1S/C35H36O18/c36-16-9-20(39)17-11-25(32(50-24(17)10-16)15-3-5-19(38)22(41)8-15)51-35-33(53-34-31(47)28(44)23(42)12-49-34)30(46)29(45)26(52-35)13-48-27(43)6-2-14-1-4-18(37)21(40)7-14/h1-11,23,26,28-42,44-47H,12-13H2/p+1/b6-2-/t23-,26+,28-,29+,30-,31-,32?,33+,34-,35+/m0/s1. The molecule has 3 heterocycles. The van der Waals surface area contributed by atoms with Crippen molar-refractivity contribution in [1.82, 2.24) is 0 Å². The van der Waals surface area contributed by atoms with Crippen molar-refractivity contribution in [2.75, 3.05) is 13.2 Å². The summed E-state index contributed by atoms with van der Waals surface area (Å²) in [6, 6.07) is 9.87. The first-order valence-electron chi connectivity index (χ1n) is 16.1. The summed E-state index contributed by atoms with van der Waals surface area (Å²) in [6.07, 6.45) is -13.0. The zero-order chi connectivity index (χ0) is 38.1. The normalized spacial score (nSPS) is 29.9. The Labute approximate surface area is 299 Å². The molecule has 0 aliphatic carbocycles. The summed E-state index contributed by atoms with van der Waals surface area (Å²) in [7, 11) is 0. The van der Waals surface area contributed by atoms with Crippen molar-refractivity contribution in [3.05, 3.63) is 77.1 Å². The van der Waals surface area contributed by atoms with Gasteiger partial charge in [0.15, 0.2) is 41.2 Å². The summed E-state index contributed by atoms with van der Waals surface area (Å²) in [4.78, 5) is 12.6. The molecule has 0 spiro atoms. The van der Waals surface area contributed by atoms with Crippen LogP contribution in [0.5, 0.6) is 40.2 Å². The highest BCUT2D eigenvalue weighted by atomic mass is 16.8. The zero-order valence-corrected chi connectivity index (χ0v) is 27.4. The van der Waals surface area contributed by atoms with Crippen LogP contribution in [0.15, 0.2) is 60.4 Å². The molecule has 284 valence electrons. The van der Waals surface area contributed by atoms with E-state index in [-0.39, 0.29) is 34.1 Å². The lowest BCUT2D eigenvalue weighted by molar-refractivity contribution is -0.353. The lowest BCUT2D eigenvalue weighted by Gasteiger charge is -2.45. The molecule has 6 rings (SSSR count). The second-order valence-corrected chi connectivity index (χ2v) is 12.4. The number of hydrogen-bond acceptors (Lipinski definition) is 17. The van der Waals surface area contributed by atoms with E-state index < -0.39 is 104 Å². The number of hydrogen-bond donors (Lipinski definition) is 11. The Bertz CT molecular complexity index is 1880. The Morgan fingerprint density at radius 1 is 0.792 bits per heavy atom. The molecule has 18 nitrogen and oxygen atoms in total.